The fourth-order valence-corrected chi connectivity index (χ4v) is 12.4. The number of nitrogens with zero attached hydrogens (tertiary/aromatic N) is 3. The number of hydrogen-bond acceptors (Lipinski definition) is 12. The quantitative estimate of drug-likeness (QED) is 0.0187. The van der Waals surface area contributed by atoms with Crippen LogP contribution in [0.2, 0.25) is 0 Å². The highest BCUT2D eigenvalue weighted by atomic mass is 16.7. The van der Waals surface area contributed by atoms with Crippen LogP contribution in [0, 0.1) is 27.9 Å². The zero-order chi connectivity index (χ0) is 55.7. The lowest BCUT2D eigenvalue weighted by Crippen LogP contribution is -2.70. The van der Waals surface area contributed by atoms with Gasteiger partial charge < -0.3 is 43.6 Å². The van der Waals surface area contributed by atoms with Gasteiger partial charge in [0, 0.05) is 56.2 Å². The molecule has 14 heteroatoms. The topological polar surface area (TPSA) is 172 Å². The minimum absolute atomic E-state index is 0.00378. The van der Waals surface area contributed by atoms with Crippen molar-refractivity contribution < 1.29 is 48.5 Å². The molecule has 0 bridgehead atoms. The molecule has 2 aliphatic carbocycles. The van der Waals surface area contributed by atoms with Crippen LogP contribution in [0.1, 0.15) is 139 Å². The highest BCUT2D eigenvalue weighted by Gasteiger charge is 2.65. The Bertz CT molecular complexity index is 2890. The van der Waals surface area contributed by atoms with Gasteiger partial charge in [0.1, 0.15) is 29.9 Å². The van der Waals surface area contributed by atoms with Crippen molar-refractivity contribution in [2.75, 3.05) is 26.6 Å². The molecule has 2 heterocycles. The summed E-state index contributed by atoms with van der Waals surface area (Å²) in [5.41, 5.74) is 6.20. The first-order valence-corrected chi connectivity index (χ1v) is 29.2. The van der Waals surface area contributed by atoms with Crippen LogP contribution in [-0.2, 0) is 27.5 Å². The number of oxime groups is 1. The SMILES string of the molecule is C=CCO[C@@]12Oc3ccc(Oc4ccc(-c5ccccc5)cc4)cc3[C@H]3[C@H](CCCCO)[C@@H](CCCCO)C=C(C(=NOCc4ccc([N+](=O)[O-])cc4)C[C@@H]1N(Cc1ccc4c(c1)OCO4)C(=O)CCCCCCCCCCC)[C@H]32. The molecule has 1 amide bonds. The molecule has 1 fully saturated rings. The van der Waals surface area contributed by atoms with E-state index >= 15 is 4.79 Å². The van der Waals surface area contributed by atoms with Crippen molar-refractivity contribution in [3.05, 3.63) is 166 Å². The minimum atomic E-state index is -1.49. The summed E-state index contributed by atoms with van der Waals surface area (Å²) < 4.78 is 33.3. The zero-order valence-corrected chi connectivity index (χ0v) is 46.4. The summed E-state index contributed by atoms with van der Waals surface area (Å²) >= 11 is 0. The first kappa shape index (κ1) is 57.7. The van der Waals surface area contributed by atoms with Crippen molar-refractivity contribution in [1.29, 1.82) is 0 Å². The highest BCUT2D eigenvalue weighted by molar-refractivity contribution is 6.03. The van der Waals surface area contributed by atoms with Crippen molar-refractivity contribution in [2.45, 2.75) is 147 Å². The third-order valence-electron chi connectivity index (χ3n) is 16.4. The van der Waals surface area contributed by atoms with Gasteiger partial charge >= 0.3 is 0 Å². The van der Waals surface area contributed by atoms with Crippen molar-refractivity contribution in [1.82, 2.24) is 4.90 Å². The Morgan fingerprint density at radius 2 is 1.45 bits per heavy atom. The predicted octanol–water partition coefficient (Wildman–Crippen LogP) is 14.6. The Morgan fingerprint density at radius 3 is 2.17 bits per heavy atom. The number of rotatable bonds is 31. The van der Waals surface area contributed by atoms with Crippen LogP contribution in [0.5, 0.6) is 28.7 Å². The lowest BCUT2D eigenvalue weighted by molar-refractivity contribution is -0.384. The van der Waals surface area contributed by atoms with Gasteiger partial charge in [-0.05, 0) is 126 Å². The third-order valence-corrected chi connectivity index (χ3v) is 16.4. The molecule has 5 aromatic carbocycles. The van der Waals surface area contributed by atoms with E-state index in [1.165, 1.54) is 44.2 Å². The molecule has 2 N–H and O–H groups in total. The van der Waals surface area contributed by atoms with Gasteiger partial charge in [0.15, 0.2) is 11.5 Å². The van der Waals surface area contributed by atoms with E-state index in [0.717, 1.165) is 79.2 Å². The number of non-ortho nitro benzene ring substituents is 1. The standard InChI is InChI=1S/C66H79N3O11/c1-3-5-6-7-8-9-10-11-15-24-63(72)68(44-48-27-35-60-61(40-48)76-46-75-60)62-43-58(67-78-45-47-25-30-52(31-26-47)69(73)74)56-41-51(22-16-18-37-70)55(23-17-19-38-71)64-57-42-54(34-36-59(57)80-66(62,65(56)64)77-39-4-2)79-53-32-28-50(29-33-53)49-20-13-12-14-21-49/h4,12-14,20-21,25-36,40-42,51,55,62,64-65,70-71H,2-3,5-11,15-19,22-24,37-39,43-46H2,1H3/t51-,55+,62-,64+,65+,66+/m0/s1. The molecular formula is C66H79N3O11. The molecule has 0 radical (unpaired) electrons. The van der Waals surface area contributed by atoms with E-state index in [0.29, 0.717) is 59.3 Å². The van der Waals surface area contributed by atoms with Gasteiger partial charge in [-0.15, -0.1) is 6.58 Å². The maximum atomic E-state index is 15.6. The van der Waals surface area contributed by atoms with Crippen molar-refractivity contribution in [3.8, 4) is 39.9 Å². The molecule has 0 aromatic heterocycles. The molecule has 14 nitrogen and oxygen atoms in total. The number of hydrogen-bond donors (Lipinski definition) is 2. The molecular weight excluding hydrogens is 1010 g/mol. The number of carbonyl (C=O) groups is 1. The fourth-order valence-electron chi connectivity index (χ4n) is 12.4. The number of allylic oxidation sites excluding steroid dienone is 1. The number of ether oxygens (including phenoxy) is 5. The van der Waals surface area contributed by atoms with Crippen LogP contribution in [0.15, 0.2) is 145 Å². The van der Waals surface area contributed by atoms with Gasteiger partial charge in [0.05, 0.1) is 23.2 Å². The molecule has 0 saturated heterocycles. The zero-order valence-electron chi connectivity index (χ0n) is 46.4. The summed E-state index contributed by atoms with van der Waals surface area (Å²) in [5.74, 6) is 0.823. The molecule has 9 rings (SSSR count). The first-order chi connectivity index (χ1) is 39.2. The molecule has 80 heavy (non-hydrogen) atoms. The normalized spacial score (nSPS) is 21.0. The molecule has 1 saturated carbocycles. The number of aliphatic hydroxyl groups is 2. The van der Waals surface area contributed by atoms with Crippen LogP contribution in [0.4, 0.5) is 5.69 Å². The Labute approximate surface area is 471 Å². The lowest BCUT2D eigenvalue weighted by Gasteiger charge is -2.60. The van der Waals surface area contributed by atoms with E-state index in [2.05, 4.69) is 49.9 Å². The Kier molecular flexibility index (Phi) is 20.5. The molecule has 6 atom stereocenters. The van der Waals surface area contributed by atoms with Crippen LogP contribution in [0.25, 0.3) is 11.1 Å². The van der Waals surface area contributed by atoms with Crippen LogP contribution < -0.4 is 18.9 Å². The second kappa shape index (κ2) is 28.4. The van der Waals surface area contributed by atoms with Gasteiger partial charge in [-0.1, -0.05) is 137 Å². The van der Waals surface area contributed by atoms with Crippen molar-refractivity contribution in [2.24, 2.45) is 22.9 Å². The Morgan fingerprint density at radius 1 is 0.775 bits per heavy atom. The summed E-state index contributed by atoms with van der Waals surface area (Å²) in [7, 11) is 0. The largest absolute Gasteiger partial charge is 0.459 e. The van der Waals surface area contributed by atoms with E-state index in [9.17, 15) is 20.3 Å². The Balaban J connectivity index is 1.17. The molecule has 424 valence electrons. The number of amides is 1. The summed E-state index contributed by atoms with van der Waals surface area (Å²) in [6, 6.07) is 35.6. The maximum Gasteiger partial charge on any atom is 0.269 e. The van der Waals surface area contributed by atoms with Gasteiger partial charge in [-0.2, -0.15) is 0 Å². The van der Waals surface area contributed by atoms with Gasteiger partial charge in [0.25, 0.3) is 5.69 Å². The van der Waals surface area contributed by atoms with E-state index in [1.807, 2.05) is 65.6 Å². The number of benzene rings is 5. The average molecular weight is 1090 g/mol. The van der Waals surface area contributed by atoms with Crippen molar-refractivity contribution >= 4 is 17.3 Å². The molecule has 5 aromatic rings. The average Bonchev–Trinajstić information content (AvgIpc) is 4.09. The summed E-state index contributed by atoms with van der Waals surface area (Å²) in [6.07, 6.45) is 18.9. The molecule has 0 spiro atoms. The first-order valence-electron chi connectivity index (χ1n) is 29.2. The van der Waals surface area contributed by atoms with E-state index in [1.54, 1.807) is 18.2 Å². The third kappa shape index (κ3) is 13.9. The van der Waals surface area contributed by atoms with Gasteiger partial charge in [-0.25, -0.2) is 0 Å². The monoisotopic (exact) mass is 1090 g/mol. The summed E-state index contributed by atoms with van der Waals surface area (Å²) in [4.78, 5) is 35.0. The minimum Gasteiger partial charge on any atom is -0.459 e. The van der Waals surface area contributed by atoms with E-state index in [4.69, 9.17) is 33.7 Å². The van der Waals surface area contributed by atoms with E-state index < -0.39 is 22.7 Å². The van der Waals surface area contributed by atoms with Crippen LogP contribution >= 0.6 is 0 Å². The van der Waals surface area contributed by atoms with Gasteiger partial charge in [0.2, 0.25) is 18.5 Å². The summed E-state index contributed by atoms with van der Waals surface area (Å²) in [6.45, 7) is 6.98. The molecule has 4 aliphatic rings. The number of carbonyl (C=O) groups excluding carboxylic acids is 1. The number of nitro benzene ring substituents is 1. The molecule has 0 unspecified atom stereocenters. The number of fused-ring (bicyclic) bond motifs is 3. The van der Waals surface area contributed by atoms with Crippen LogP contribution in [-0.4, -0.2) is 70.1 Å². The smallest absolute Gasteiger partial charge is 0.269 e. The second-order valence-corrected chi connectivity index (χ2v) is 21.7. The van der Waals surface area contributed by atoms with Crippen molar-refractivity contribution in [3.63, 3.8) is 0 Å². The summed E-state index contributed by atoms with van der Waals surface area (Å²) in [5, 5.41) is 36.9. The second-order valence-electron chi connectivity index (χ2n) is 21.7. The van der Waals surface area contributed by atoms with Gasteiger partial charge in [-0.3, -0.25) is 14.9 Å². The predicted molar refractivity (Wildman–Crippen MR) is 310 cm³/mol. The maximum absolute atomic E-state index is 15.6. The highest BCUT2D eigenvalue weighted by Crippen LogP contribution is 2.62. The van der Waals surface area contributed by atoms with Crippen LogP contribution in [0.3, 0.4) is 0 Å². The lowest BCUT2D eigenvalue weighted by atomic mass is 9.55. The Hall–Kier alpha value is -7.00. The van der Waals surface area contributed by atoms with E-state index in [-0.39, 0.29) is 75.5 Å². The number of aliphatic hydroxyl groups excluding tert-OH is 2. The number of unbranched alkanes of at least 4 members (excludes halogenated alkanes) is 10. The number of nitro groups is 1. The fraction of sp³-hybridized carbons (Fsp3) is 0.455. The molecule has 2 aliphatic heterocycles.